The number of hydrogen-bond donors (Lipinski definition) is 1. The summed E-state index contributed by atoms with van der Waals surface area (Å²) in [6.07, 6.45) is 5.23. The molecule has 0 spiro atoms. The van der Waals surface area contributed by atoms with Crippen LogP contribution >= 0.6 is 15.9 Å². The van der Waals surface area contributed by atoms with Crippen LogP contribution in [0.3, 0.4) is 0 Å². The molecule has 9 heteroatoms. The molecule has 3 heterocycles. The largest absolute Gasteiger partial charge is 0.507 e. The number of phenols is 1. The topological polar surface area (TPSA) is 89.0 Å². The minimum atomic E-state index is -2.89. The van der Waals surface area contributed by atoms with Gasteiger partial charge in [-0.25, -0.2) is 0 Å². The molecule has 3 aromatic carbocycles. The highest BCUT2D eigenvalue weighted by Gasteiger charge is 2.57. The Morgan fingerprint density at radius 1 is 0.962 bits per heavy atom. The van der Waals surface area contributed by atoms with Crippen LogP contribution in [0.5, 0.6) is 5.75 Å². The van der Waals surface area contributed by atoms with E-state index in [4.69, 9.17) is 9.16 Å². The van der Waals surface area contributed by atoms with Crippen LogP contribution in [0.25, 0.3) is 11.6 Å². The molecular formula is C43H45BrN2O5Si. The van der Waals surface area contributed by atoms with Crippen LogP contribution in [0.1, 0.15) is 51.3 Å². The van der Waals surface area contributed by atoms with Crippen molar-refractivity contribution in [2.45, 2.75) is 51.2 Å². The Bertz CT molecular complexity index is 1970. The summed E-state index contributed by atoms with van der Waals surface area (Å²) in [6.45, 7) is 7.52. The monoisotopic (exact) mass is 776 g/mol. The van der Waals surface area contributed by atoms with Gasteiger partial charge in [-0.1, -0.05) is 103 Å². The first-order valence-corrected chi connectivity index (χ1v) is 20.7. The Labute approximate surface area is 315 Å². The van der Waals surface area contributed by atoms with E-state index in [1.165, 1.54) is 15.3 Å². The lowest BCUT2D eigenvalue weighted by Gasteiger charge is -2.44. The zero-order chi connectivity index (χ0) is 36.6. The number of aromatic nitrogens is 1. The molecule has 2 aliphatic heterocycles. The summed E-state index contributed by atoms with van der Waals surface area (Å²) in [5.74, 6) is -1.10. The van der Waals surface area contributed by atoms with Crippen molar-refractivity contribution in [1.82, 2.24) is 9.88 Å². The Hall–Kier alpha value is -4.15. The standard InChI is InChI=1S/C43H45BrN2O5Si/c1-43(2,3)52(32-13-7-5-8-14-32,33-15-9-6-10-16-33)51-26-30-25-34-40(42(49)46(4)41(34)48)35-27-50-38(39(30)35)21-18-28(36-17-11-12-22-45-36)23-29-24-31(44)19-20-37(29)47/h5-17,19-20,22-24,34-35,38,40,47H,18,21,25-27H2,1-4H3/b28-23-/t34-,35+,38-,40-/m1/s1. The highest BCUT2D eigenvalue weighted by molar-refractivity contribution is 9.10. The number of imide groups is 1. The number of carbonyl (C=O) groups is 2. The van der Waals surface area contributed by atoms with E-state index in [2.05, 4.69) is 90.2 Å². The number of likely N-dealkylation sites (tertiary alicyclic amines) is 1. The SMILES string of the molecule is CN1C(=O)[C@@H]2[C@@H](CC(CO[Si](c3ccccc3)(c3ccccc3)C(C)(C)C)=C3[C@@H](CC/C(=C/c4cc(Br)ccc4O)c4ccccn4)OC[C@@H]32)C1=O. The normalized spacial score (nSPS) is 22.2. The van der Waals surface area contributed by atoms with Crippen molar-refractivity contribution in [1.29, 1.82) is 0 Å². The predicted octanol–water partition coefficient (Wildman–Crippen LogP) is 7.39. The molecule has 2 amide bonds. The third kappa shape index (κ3) is 6.64. The van der Waals surface area contributed by atoms with E-state index in [9.17, 15) is 14.7 Å². The van der Waals surface area contributed by atoms with E-state index in [-0.39, 0.29) is 34.6 Å². The molecular weight excluding hydrogens is 732 g/mol. The number of hydrogen-bond acceptors (Lipinski definition) is 6. The molecule has 2 saturated heterocycles. The molecule has 7 nitrogen and oxygen atoms in total. The van der Waals surface area contributed by atoms with Crippen molar-refractivity contribution in [3.8, 4) is 5.75 Å². The second-order valence-electron chi connectivity index (χ2n) is 15.1. The van der Waals surface area contributed by atoms with Gasteiger partial charge in [-0.2, -0.15) is 0 Å². The van der Waals surface area contributed by atoms with E-state index in [0.29, 0.717) is 38.0 Å². The Kier molecular flexibility index (Phi) is 10.2. The maximum absolute atomic E-state index is 13.6. The van der Waals surface area contributed by atoms with Gasteiger partial charge in [0.2, 0.25) is 11.8 Å². The molecule has 1 aliphatic carbocycles. The minimum Gasteiger partial charge on any atom is -0.507 e. The number of pyridine rings is 1. The lowest BCUT2D eigenvalue weighted by atomic mass is 9.69. The first-order chi connectivity index (χ1) is 25.0. The zero-order valence-corrected chi connectivity index (χ0v) is 32.7. The molecule has 7 rings (SSSR count). The molecule has 0 radical (unpaired) electrons. The Morgan fingerprint density at radius 2 is 1.63 bits per heavy atom. The van der Waals surface area contributed by atoms with E-state index < -0.39 is 20.2 Å². The third-order valence-electron chi connectivity index (χ3n) is 11.1. The molecule has 4 atom stereocenters. The molecule has 1 N–H and O–H groups in total. The van der Waals surface area contributed by atoms with Crippen LogP contribution in [-0.4, -0.2) is 61.5 Å². The van der Waals surface area contributed by atoms with E-state index in [0.717, 1.165) is 26.9 Å². The molecule has 52 heavy (non-hydrogen) atoms. The van der Waals surface area contributed by atoms with Crippen LogP contribution in [-0.2, 0) is 18.8 Å². The molecule has 1 aromatic heterocycles. The number of amides is 2. The average molecular weight is 778 g/mol. The molecule has 0 bridgehead atoms. The van der Waals surface area contributed by atoms with Gasteiger partial charge in [0.15, 0.2) is 0 Å². The van der Waals surface area contributed by atoms with Gasteiger partial charge in [-0.05, 0) is 87.8 Å². The fraction of sp³-hybridized carbons (Fsp3) is 0.326. The van der Waals surface area contributed by atoms with Gasteiger partial charge < -0.3 is 14.3 Å². The number of allylic oxidation sites excluding steroid dienone is 1. The summed E-state index contributed by atoms with van der Waals surface area (Å²) < 4.78 is 14.9. The molecule has 268 valence electrons. The van der Waals surface area contributed by atoms with Crippen molar-refractivity contribution < 1.29 is 23.9 Å². The number of phenolic OH excluding ortho intramolecular Hbond substituents is 1. The maximum atomic E-state index is 13.6. The summed E-state index contributed by atoms with van der Waals surface area (Å²) in [4.78, 5) is 33.1. The van der Waals surface area contributed by atoms with E-state index in [1.54, 1.807) is 19.3 Å². The average Bonchev–Trinajstić information content (AvgIpc) is 3.67. The van der Waals surface area contributed by atoms with Crippen molar-refractivity contribution in [3.05, 3.63) is 130 Å². The van der Waals surface area contributed by atoms with Crippen molar-refractivity contribution in [2.75, 3.05) is 20.3 Å². The lowest BCUT2D eigenvalue weighted by molar-refractivity contribution is -0.138. The number of rotatable bonds is 10. The number of halogens is 1. The second kappa shape index (κ2) is 14.7. The van der Waals surface area contributed by atoms with Crippen molar-refractivity contribution >= 4 is 58.1 Å². The van der Waals surface area contributed by atoms with Gasteiger partial charge in [0, 0.05) is 29.2 Å². The highest BCUT2D eigenvalue weighted by Crippen LogP contribution is 2.50. The van der Waals surface area contributed by atoms with Gasteiger partial charge in [0.25, 0.3) is 8.32 Å². The lowest BCUT2D eigenvalue weighted by Crippen LogP contribution is -2.66. The van der Waals surface area contributed by atoms with E-state index in [1.807, 2.05) is 48.5 Å². The molecule has 0 unspecified atom stereocenters. The molecule has 3 aliphatic rings. The first kappa shape index (κ1) is 36.2. The summed E-state index contributed by atoms with van der Waals surface area (Å²) in [7, 11) is -1.29. The Morgan fingerprint density at radius 3 is 2.27 bits per heavy atom. The number of nitrogens with zero attached hydrogens (tertiary/aromatic N) is 2. The first-order valence-electron chi connectivity index (χ1n) is 18.0. The van der Waals surface area contributed by atoms with Crippen LogP contribution in [0.2, 0.25) is 5.04 Å². The number of benzene rings is 3. The highest BCUT2D eigenvalue weighted by atomic mass is 79.9. The fourth-order valence-corrected chi connectivity index (χ4v) is 13.6. The van der Waals surface area contributed by atoms with E-state index >= 15 is 0 Å². The van der Waals surface area contributed by atoms with Crippen LogP contribution < -0.4 is 10.4 Å². The number of aromatic hydroxyl groups is 1. The number of fused-ring (bicyclic) bond motifs is 3. The van der Waals surface area contributed by atoms with Gasteiger partial charge >= 0.3 is 0 Å². The van der Waals surface area contributed by atoms with Crippen LogP contribution in [0.15, 0.2) is 119 Å². The quantitative estimate of drug-likeness (QED) is 0.103. The predicted molar refractivity (Wildman–Crippen MR) is 210 cm³/mol. The number of carbonyl (C=O) groups excluding carboxylic acids is 2. The molecule has 0 saturated carbocycles. The molecule has 2 fully saturated rings. The molecule has 4 aromatic rings. The summed E-state index contributed by atoms with van der Waals surface area (Å²) in [5.41, 5.74) is 4.67. The van der Waals surface area contributed by atoms with Crippen molar-refractivity contribution in [2.24, 2.45) is 17.8 Å². The van der Waals surface area contributed by atoms with Crippen LogP contribution in [0, 0.1) is 17.8 Å². The zero-order valence-electron chi connectivity index (χ0n) is 30.1. The Balaban J connectivity index is 1.28. The minimum absolute atomic E-state index is 0.116. The van der Waals surface area contributed by atoms with Crippen molar-refractivity contribution in [3.63, 3.8) is 0 Å². The summed E-state index contributed by atoms with van der Waals surface area (Å²) in [5, 5.41) is 12.9. The fourth-order valence-electron chi connectivity index (χ4n) is 8.66. The summed E-state index contributed by atoms with van der Waals surface area (Å²) in [6, 6.07) is 32.4. The smallest absolute Gasteiger partial charge is 0.261 e. The number of ether oxygens (including phenoxy) is 1. The van der Waals surface area contributed by atoms with Gasteiger partial charge in [-0.15, -0.1) is 0 Å². The van der Waals surface area contributed by atoms with Gasteiger partial charge in [0.05, 0.1) is 36.8 Å². The van der Waals surface area contributed by atoms with Crippen LogP contribution in [0.4, 0.5) is 0 Å². The van der Waals surface area contributed by atoms with Gasteiger partial charge in [0.1, 0.15) is 5.75 Å². The second-order valence-corrected chi connectivity index (χ2v) is 20.4. The van der Waals surface area contributed by atoms with Gasteiger partial charge in [-0.3, -0.25) is 19.5 Å². The maximum Gasteiger partial charge on any atom is 0.261 e. The third-order valence-corrected chi connectivity index (χ3v) is 16.6. The summed E-state index contributed by atoms with van der Waals surface area (Å²) >= 11 is 3.54.